The van der Waals surface area contributed by atoms with Crippen molar-refractivity contribution < 1.29 is 14.3 Å². The molecule has 0 unspecified atom stereocenters. The summed E-state index contributed by atoms with van der Waals surface area (Å²) in [6, 6.07) is 16.2. The number of piperidine rings is 1. The minimum absolute atomic E-state index is 0.0953. The second kappa shape index (κ2) is 11.2. The van der Waals surface area contributed by atoms with Gasteiger partial charge in [-0.25, -0.2) is 4.98 Å². The fourth-order valence-corrected chi connectivity index (χ4v) is 5.70. The lowest BCUT2D eigenvalue weighted by atomic mass is 9.95. The van der Waals surface area contributed by atoms with Crippen molar-refractivity contribution in [3.63, 3.8) is 0 Å². The Morgan fingerprint density at radius 1 is 0.917 bits per heavy atom. The quantitative estimate of drug-likeness (QED) is 0.483. The molecule has 0 aliphatic carbocycles. The van der Waals surface area contributed by atoms with E-state index in [1.165, 1.54) is 17.2 Å². The topological polar surface area (TPSA) is 71.0 Å². The van der Waals surface area contributed by atoms with Crippen LogP contribution in [0, 0.1) is 5.92 Å². The van der Waals surface area contributed by atoms with Crippen molar-refractivity contribution in [2.45, 2.75) is 19.3 Å². The summed E-state index contributed by atoms with van der Waals surface area (Å²) < 4.78 is 15.1. The van der Waals surface area contributed by atoms with Gasteiger partial charge >= 0.3 is 0 Å². The molecular weight excluding hydrogens is 474 g/mol. The molecule has 2 saturated heterocycles. The van der Waals surface area contributed by atoms with Crippen LogP contribution >= 0.6 is 11.5 Å². The Hall–Kier alpha value is -3.33. The van der Waals surface area contributed by atoms with Crippen LogP contribution < -0.4 is 19.3 Å². The summed E-state index contributed by atoms with van der Waals surface area (Å²) in [5, 5.41) is 0.951. The van der Waals surface area contributed by atoms with Gasteiger partial charge in [0.2, 0.25) is 11.0 Å². The SMILES string of the molecule is COc1ccc(N2CCN(C(=O)C3CCN(c4nc(Cc5cccc(OC)c5)ns4)CC3)CC2)cc1. The van der Waals surface area contributed by atoms with Gasteiger partial charge in [-0.2, -0.15) is 4.37 Å². The first-order valence-electron chi connectivity index (χ1n) is 12.5. The first-order chi connectivity index (χ1) is 17.6. The first kappa shape index (κ1) is 24.4. The van der Waals surface area contributed by atoms with Gasteiger partial charge in [0, 0.05) is 68.8 Å². The molecule has 2 aliphatic heterocycles. The molecule has 0 bridgehead atoms. The van der Waals surface area contributed by atoms with E-state index in [1.54, 1.807) is 14.2 Å². The van der Waals surface area contributed by atoms with E-state index in [9.17, 15) is 4.79 Å². The molecule has 9 heteroatoms. The van der Waals surface area contributed by atoms with Gasteiger partial charge in [0.15, 0.2) is 0 Å². The van der Waals surface area contributed by atoms with Gasteiger partial charge in [-0.15, -0.1) is 0 Å². The Balaban J connectivity index is 1.10. The zero-order valence-electron chi connectivity index (χ0n) is 20.9. The number of aromatic nitrogens is 2. The maximum atomic E-state index is 13.2. The standard InChI is InChI=1S/C27H33N5O3S/c1-34-23-8-6-22(7-9-23)30-14-16-31(17-15-30)26(33)21-10-12-32(13-11-21)27-28-25(29-36-27)19-20-4-3-5-24(18-20)35-2/h3-9,18,21H,10-17,19H2,1-2H3. The minimum atomic E-state index is 0.0953. The van der Waals surface area contributed by atoms with Crippen molar-refractivity contribution in [1.29, 1.82) is 0 Å². The largest absolute Gasteiger partial charge is 0.497 e. The van der Waals surface area contributed by atoms with Crippen LogP contribution in [0.4, 0.5) is 10.8 Å². The van der Waals surface area contributed by atoms with Crippen LogP contribution in [0.25, 0.3) is 0 Å². The third kappa shape index (κ3) is 5.56. The highest BCUT2D eigenvalue weighted by molar-refractivity contribution is 7.09. The molecule has 0 radical (unpaired) electrons. The highest BCUT2D eigenvalue weighted by Crippen LogP contribution is 2.28. The molecule has 3 aromatic rings. The van der Waals surface area contributed by atoms with Gasteiger partial charge < -0.3 is 24.2 Å². The summed E-state index contributed by atoms with van der Waals surface area (Å²) >= 11 is 1.45. The number of hydrogen-bond donors (Lipinski definition) is 0. The van der Waals surface area contributed by atoms with E-state index in [2.05, 4.69) is 37.3 Å². The van der Waals surface area contributed by atoms with Crippen LogP contribution in [-0.2, 0) is 11.2 Å². The van der Waals surface area contributed by atoms with E-state index in [1.807, 2.05) is 30.3 Å². The molecule has 5 rings (SSSR count). The fourth-order valence-electron chi connectivity index (χ4n) is 4.96. The smallest absolute Gasteiger partial charge is 0.225 e. The molecule has 0 atom stereocenters. The Morgan fingerprint density at radius 2 is 1.64 bits per heavy atom. The minimum Gasteiger partial charge on any atom is -0.497 e. The van der Waals surface area contributed by atoms with Crippen molar-refractivity contribution in [3.05, 3.63) is 59.9 Å². The molecule has 2 aromatic carbocycles. The maximum absolute atomic E-state index is 13.2. The Labute approximate surface area is 216 Å². The summed E-state index contributed by atoms with van der Waals surface area (Å²) in [6.07, 6.45) is 2.41. The summed E-state index contributed by atoms with van der Waals surface area (Å²) in [6.45, 7) is 4.95. The maximum Gasteiger partial charge on any atom is 0.225 e. The van der Waals surface area contributed by atoms with Crippen molar-refractivity contribution in [2.75, 3.05) is 63.3 Å². The second-order valence-corrected chi connectivity index (χ2v) is 10.0. The van der Waals surface area contributed by atoms with Gasteiger partial charge in [0.05, 0.1) is 14.2 Å². The normalized spacial score (nSPS) is 16.8. The number of anilines is 2. The van der Waals surface area contributed by atoms with Crippen molar-refractivity contribution >= 4 is 28.3 Å². The molecule has 2 aliphatic rings. The highest BCUT2D eigenvalue weighted by Gasteiger charge is 2.31. The summed E-state index contributed by atoms with van der Waals surface area (Å²) in [7, 11) is 3.36. The van der Waals surface area contributed by atoms with E-state index in [0.29, 0.717) is 12.3 Å². The predicted octanol–water partition coefficient (Wildman–Crippen LogP) is 3.71. The second-order valence-electron chi connectivity index (χ2n) is 9.29. The number of amides is 1. The highest BCUT2D eigenvalue weighted by atomic mass is 32.1. The number of benzene rings is 2. The van der Waals surface area contributed by atoms with Gasteiger partial charge in [-0.05, 0) is 54.8 Å². The molecule has 3 heterocycles. The summed E-state index contributed by atoms with van der Waals surface area (Å²) in [5.74, 6) is 2.94. The lowest BCUT2D eigenvalue weighted by Crippen LogP contribution is -2.51. The zero-order chi connectivity index (χ0) is 24.9. The van der Waals surface area contributed by atoms with Gasteiger partial charge in [0.25, 0.3) is 0 Å². The van der Waals surface area contributed by atoms with E-state index in [0.717, 1.165) is 80.1 Å². The van der Waals surface area contributed by atoms with Crippen molar-refractivity contribution in [3.8, 4) is 11.5 Å². The third-order valence-corrected chi connectivity index (χ3v) is 7.91. The Bertz CT molecular complexity index is 1150. The van der Waals surface area contributed by atoms with Crippen LogP contribution in [0.3, 0.4) is 0 Å². The number of ether oxygens (including phenoxy) is 2. The van der Waals surface area contributed by atoms with Crippen molar-refractivity contribution in [2.24, 2.45) is 5.92 Å². The van der Waals surface area contributed by atoms with E-state index < -0.39 is 0 Å². The Morgan fingerprint density at radius 3 is 2.33 bits per heavy atom. The molecule has 0 N–H and O–H groups in total. The van der Waals surface area contributed by atoms with Crippen LogP contribution in [0.15, 0.2) is 48.5 Å². The van der Waals surface area contributed by atoms with Crippen LogP contribution in [0.2, 0.25) is 0 Å². The predicted molar refractivity (Wildman–Crippen MR) is 142 cm³/mol. The van der Waals surface area contributed by atoms with Crippen LogP contribution in [-0.4, -0.2) is 73.7 Å². The molecule has 1 amide bonds. The molecule has 190 valence electrons. The third-order valence-electron chi connectivity index (χ3n) is 7.10. The molecule has 8 nitrogen and oxygen atoms in total. The Kier molecular flexibility index (Phi) is 7.55. The number of carbonyl (C=O) groups is 1. The average molecular weight is 508 g/mol. The van der Waals surface area contributed by atoms with Gasteiger partial charge in [-0.1, -0.05) is 12.1 Å². The zero-order valence-corrected chi connectivity index (χ0v) is 21.7. The number of rotatable bonds is 7. The molecule has 0 saturated carbocycles. The number of hydrogen-bond acceptors (Lipinski definition) is 8. The number of methoxy groups -OCH3 is 2. The fraction of sp³-hybridized carbons (Fsp3) is 0.444. The lowest BCUT2D eigenvalue weighted by Gasteiger charge is -2.39. The lowest BCUT2D eigenvalue weighted by molar-refractivity contribution is -0.136. The van der Waals surface area contributed by atoms with E-state index in [-0.39, 0.29) is 5.92 Å². The van der Waals surface area contributed by atoms with Gasteiger partial charge in [-0.3, -0.25) is 4.79 Å². The molecule has 2 fully saturated rings. The van der Waals surface area contributed by atoms with Gasteiger partial charge in [0.1, 0.15) is 17.3 Å². The van der Waals surface area contributed by atoms with Crippen LogP contribution in [0.5, 0.6) is 11.5 Å². The average Bonchev–Trinajstić information content (AvgIpc) is 3.41. The number of carbonyl (C=O) groups excluding carboxylic acids is 1. The molecule has 0 spiro atoms. The molecule has 36 heavy (non-hydrogen) atoms. The number of nitrogens with zero attached hydrogens (tertiary/aromatic N) is 5. The summed E-state index contributed by atoms with van der Waals surface area (Å²) in [4.78, 5) is 24.7. The van der Waals surface area contributed by atoms with E-state index in [4.69, 9.17) is 14.5 Å². The van der Waals surface area contributed by atoms with E-state index >= 15 is 0 Å². The summed E-state index contributed by atoms with van der Waals surface area (Å²) in [5.41, 5.74) is 2.31. The first-order valence-corrected chi connectivity index (χ1v) is 13.3. The molecule has 1 aromatic heterocycles. The molecular formula is C27H33N5O3S. The monoisotopic (exact) mass is 507 g/mol. The number of piperazine rings is 1. The van der Waals surface area contributed by atoms with Crippen molar-refractivity contribution in [1.82, 2.24) is 14.3 Å². The van der Waals surface area contributed by atoms with Crippen LogP contribution in [0.1, 0.15) is 24.2 Å².